The largest absolute Gasteiger partial charge is 0.496 e. The maximum absolute atomic E-state index is 13.2. The molecule has 4 heterocycles. The molecule has 0 fully saturated rings. The Kier molecular flexibility index (Phi) is 15.0. The monoisotopic (exact) mass is 1010 g/mol. The lowest BCUT2D eigenvalue weighted by Crippen LogP contribution is -2.28. The highest BCUT2D eigenvalue weighted by atomic mass is 79.9. The van der Waals surface area contributed by atoms with Crippen molar-refractivity contribution < 1.29 is 64.4 Å². The third-order valence-corrected chi connectivity index (χ3v) is 12.6. The van der Waals surface area contributed by atoms with Crippen LogP contribution in [0, 0.1) is 0 Å². The van der Waals surface area contributed by atoms with Crippen molar-refractivity contribution >= 4 is 82.1 Å². The first kappa shape index (κ1) is 48.5. The molecule has 348 valence electrons. The van der Waals surface area contributed by atoms with Gasteiger partial charge in [0.2, 0.25) is 0 Å². The van der Waals surface area contributed by atoms with Crippen LogP contribution in [-0.2, 0) is 34.1 Å². The Hall–Kier alpha value is -7.00. The highest BCUT2D eigenvalue weighted by Crippen LogP contribution is 2.41. The molecule has 4 N–H and O–H groups in total. The van der Waals surface area contributed by atoms with Gasteiger partial charge in [0.05, 0.1) is 48.9 Å². The van der Waals surface area contributed by atoms with Crippen molar-refractivity contribution in [2.45, 2.75) is 9.79 Å². The van der Waals surface area contributed by atoms with Crippen molar-refractivity contribution in [2.75, 3.05) is 52.1 Å². The molecule has 66 heavy (non-hydrogen) atoms. The number of hydrogen-bond acceptors (Lipinski definition) is 18. The summed E-state index contributed by atoms with van der Waals surface area (Å²) in [5.41, 5.74) is 2.76. The molecule has 8 aromatic rings. The Balaban J connectivity index is 0.000000186. The van der Waals surface area contributed by atoms with Gasteiger partial charge < -0.3 is 47.5 Å². The molecule has 8 rings (SSSR count). The number of aryl methyl sites for hydroxylation is 2. The van der Waals surface area contributed by atoms with Crippen LogP contribution in [0.1, 0.15) is 0 Å². The Morgan fingerprint density at radius 1 is 0.591 bits per heavy atom. The molecule has 0 amide bonds. The molecular weight excluding hydrogens is 971 g/mol. The molecule has 0 bridgehead atoms. The van der Waals surface area contributed by atoms with Crippen LogP contribution in [0.15, 0.2) is 109 Å². The van der Waals surface area contributed by atoms with Crippen molar-refractivity contribution in [1.82, 2.24) is 29.9 Å². The van der Waals surface area contributed by atoms with Crippen LogP contribution in [0.3, 0.4) is 0 Å². The van der Waals surface area contributed by atoms with Crippen LogP contribution in [0.4, 0.5) is 11.6 Å². The minimum Gasteiger partial charge on any atom is -0.496 e. The number of fused-ring (bicyclic) bond motifs is 2. The summed E-state index contributed by atoms with van der Waals surface area (Å²) in [4.78, 5) is -0.292. The van der Waals surface area contributed by atoms with Gasteiger partial charge in [0, 0.05) is 48.2 Å². The van der Waals surface area contributed by atoms with Gasteiger partial charge in [-0.15, -0.1) is 0 Å². The third kappa shape index (κ3) is 10.4. The van der Waals surface area contributed by atoms with E-state index in [9.17, 15) is 16.8 Å². The number of anilines is 2. The first-order chi connectivity index (χ1) is 31.5. The van der Waals surface area contributed by atoms with Gasteiger partial charge in [0.1, 0.15) is 45.3 Å². The summed E-state index contributed by atoms with van der Waals surface area (Å²) in [6, 6.07) is 16.2. The van der Waals surface area contributed by atoms with Gasteiger partial charge in [0.25, 0.3) is 20.0 Å². The van der Waals surface area contributed by atoms with E-state index in [1.165, 1.54) is 77.8 Å². The number of benzene rings is 4. The third-order valence-electron chi connectivity index (χ3n) is 9.31. The quantitative estimate of drug-likeness (QED) is 0.109. The van der Waals surface area contributed by atoms with E-state index >= 15 is 0 Å². The zero-order valence-corrected chi connectivity index (χ0v) is 39.6. The average molecular weight is 1010 g/mol. The first-order valence-corrected chi connectivity index (χ1v) is 22.7. The maximum atomic E-state index is 13.2. The normalized spacial score (nSPS) is 11.2. The van der Waals surface area contributed by atoms with Crippen LogP contribution in [-0.4, -0.2) is 107 Å². The Labute approximate surface area is 386 Å². The topological polar surface area (TPSA) is 276 Å². The lowest BCUT2D eigenvalue weighted by Gasteiger charge is -2.14. The minimum atomic E-state index is -4.14. The smallest absolute Gasteiger partial charge is 0.491 e. The number of nitrogens with one attached hydrogen (secondary N) is 2. The predicted molar refractivity (Wildman–Crippen MR) is 245 cm³/mol. The molecular formula is C40H42BBrN8O14S2. The fourth-order valence-electron chi connectivity index (χ4n) is 6.33. The van der Waals surface area contributed by atoms with E-state index in [-0.39, 0.29) is 44.4 Å². The van der Waals surface area contributed by atoms with E-state index in [1.807, 2.05) is 13.2 Å². The fraction of sp³-hybridized carbons (Fsp3) is 0.200. The summed E-state index contributed by atoms with van der Waals surface area (Å²) < 4.78 is 103. The lowest BCUT2D eigenvalue weighted by atomic mass is 9.83. The van der Waals surface area contributed by atoms with Crippen molar-refractivity contribution in [3.63, 3.8) is 0 Å². The summed E-state index contributed by atoms with van der Waals surface area (Å²) >= 11 is 3.33. The van der Waals surface area contributed by atoms with Crippen molar-refractivity contribution in [3.8, 4) is 45.6 Å². The second-order valence-corrected chi connectivity index (χ2v) is 17.7. The van der Waals surface area contributed by atoms with Crippen molar-refractivity contribution in [2.24, 2.45) is 14.1 Å². The molecule has 0 aliphatic heterocycles. The Bertz CT molecular complexity index is 3170. The van der Waals surface area contributed by atoms with Crippen molar-refractivity contribution in [3.05, 3.63) is 89.9 Å². The van der Waals surface area contributed by atoms with Crippen LogP contribution in [0.25, 0.3) is 33.1 Å². The molecule has 0 atom stereocenters. The van der Waals surface area contributed by atoms with Crippen LogP contribution in [0.5, 0.6) is 34.5 Å². The van der Waals surface area contributed by atoms with E-state index in [0.717, 1.165) is 11.1 Å². The fourth-order valence-corrected chi connectivity index (χ4v) is 9.40. The summed E-state index contributed by atoms with van der Waals surface area (Å²) in [7, 11) is 2.36. The van der Waals surface area contributed by atoms with Gasteiger partial charge in [-0.05, 0) is 54.1 Å². The number of hydrogen-bond donors (Lipinski definition) is 4. The number of nitrogens with zero attached hydrogens (tertiary/aromatic N) is 6. The summed E-state index contributed by atoms with van der Waals surface area (Å²) in [5.74, 6) is 1.31. The lowest BCUT2D eigenvalue weighted by molar-refractivity contribution is 0.373. The molecule has 0 saturated carbocycles. The molecule has 0 aliphatic rings. The van der Waals surface area contributed by atoms with E-state index < -0.39 is 27.2 Å². The highest BCUT2D eigenvalue weighted by Gasteiger charge is 2.30. The summed E-state index contributed by atoms with van der Waals surface area (Å²) in [5, 5.41) is 33.5. The molecule has 0 aliphatic carbocycles. The van der Waals surface area contributed by atoms with E-state index in [2.05, 4.69) is 45.9 Å². The number of aromatic nitrogens is 6. The second kappa shape index (κ2) is 20.5. The van der Waals surface area contributed by atoms with Crippen molar-refractivity contribution in [1.29, 1.82) is 0 Å². The van der Waals surface area contributed by atoms with Gasteiger partial charge >= 0.3 is 7.12 Å². The Morgan fingerprint density at radius 3 is 1.39 bits per heavy atom. The molecule has 0 saturated heterocycles. The number of ether oxygens (including phenoxy) is 6. The predicted octanol–water partition coefficient (Wildman–Crippen LogP) is 4.57. The molecule has 0 unspecified atom stereocenters. The molecule has 4 aromatic heterocycles. The van der Waals surface area contributed by atoms with E-state index in [4.69, 9.17) is 47.5 Å². The average Bonchev–Trinajstić information content (AvgIpc) is 4.13. The summed E-state index contributed by atoms with van der Waals surface area (Å²) in [6.45, 7) is 0. The summed E-state index contributed by atoms with van der Waals surface area (Å²) in [6.07, 6.45) is 6.50. The van der Waals surface area contributed by atoms with Crippen LogP contribution in [0.2, 0.25) is 0 Å². The number of methoxy groups -OCH3 is 6. The minimum absolute atomic E-state index is 0.00249. The van der Waals surface area contributed by atoms with Gasteiger partial charge in [0.15, 0.2) is 32.6 Å². The number of rotatable bonds is 14. The van der Waals surface area contributed by atoms with Gasteiger partial charge in [-0.1, -0.05) is 38.4 Å². The zero-order valence-electron chi connectivity index (χ0n) is 36.3. The molecule has 4 aromatic carbocycles. The maximum Gasteiger partial charge on any atom is 0.491 e. The van der Waals surface area contributed by atoms with Crippen LogP contribution >= 0.6 is 15.9 Å². The van der Waals surface area contributed by atoms with E-state index in [0.29, 0.717) is 43.4 Å². The molecule has 26 heteroatoms. The van der Waals surface area contributed by atoms with Gasteiger partial charge in [-0.3, -0.25) is 18.8 Å². The number of sulfonamides is 2. The van der Waals surface area contributed by atoms with Gasteiger partial charge in [-0.25, -0.2) is 16.8 Å². The SMILES string of the molecule is COc1cccc(OC)c1S(=O)(=O)Nc1noc2cc(-c3cnn(C)c3)cc(OC)c12.COc1cccc(OC)c1S(=O)(=O)Nc1noc2cc(Br)cc(OC)c12.Cn1cc(B(O)O)cn1. The van der Waals surface area contributed by atoms with Gasteiger partial charge in [-0.2, -0.15) is 10.2 Å². The molecule has 0 radical (unpaired) electrons. The second-order valence-electron chi connectivity index (χ2n) is 13.5. The first-order valence-electron chi connectivity index (χ1n) is 18.9. The zero-order chi connectivity index (χ0) is 47.9. The molecule has 0 spiro atoms. The highest BCUT2D eigenvalue weighted by molar-refractivity contribution is 9.10. The standard InChI is InChI=1S/C20H20N4O6S.C16H15BrN2O6S.C4H7BN2O2/c1-24-11-13(10-21-24)12-8-16(29-4)18-17(9-12)30-22-20(18)23-31(25,26)19-14(27-2)6-5-7-15(19)28-3;1-22-10-5-4-6-11(23-2)15(10)26(20,21)19-16-14-12(24-3)7-9(17)8-13(14)25-18-16;1-7-3-4(2-6-7)5(8)9/h5-11H,1-4H3,(H,22,23);4-8H,1-3H3,(H,18,19);2-3,8-9H,1H3. The molecule has 22 nitrogen and oxygen atoms in total. The number of halogens is 1. The van der Waals surface area contributed by atoms with Crippen LogP contribution < -0.4 is 43.3 Å². The Morgan fingerprint density at radius 2 is 1.02 bits per heavy atom. The van der Waals surface area contributed by atoms with E-state index in [1.54, 1.807) is 60.5 Å².